The maximum absolute atomic E-state index is 13.0. The van der Waals surface area contributed by atoms with Gasteiger partial charge in [-0.05, 0) is 64.3 Å². The van der Waals surface area contributed by atoms with Gasteiger partial charge in [0.25, 0.3) is 0 Å². The monoisotopic (exact) mass is 1290 g/mol. The van der Waals surface area contributed by atoms with Crippen molar-refractivity contribution in [3.63, 3.8) is 0 Å². The van der Waals surface area contributed by atoms with E-state index in [1.54, 1.807) is 0 Å². The number of nitrogens with one attached hydrogen (secondary N) is 4. The molecule has 4 N–H and O–H groups in total. The summed E-state index contributed by atoms with van der Waals surface area (Å²) in [4.78, 5) is 145. The Morgan fingerprint density at radius 2 is 0.644 bits per heavy atom. The summed E-state index contributed by atoms with van der Waals surface area (Å²) in [6.45, 7) is 12.0. The Hall–Kier alpha value is -6.64. The van der Waals surface area contributed by atoms with Gasteiger partial charge < -0.3 is 92.3 Å². The zero-order chi connectivity index (χ0) is 66.5. The van der Waals surface area contributed by atoms with Crippen LogP contribution in [0.3, 0.4) is 0 Å². The summed E-state index contributed by atoms with van der Waals surface area (Å²) in [5.41, 5.74) is 0. The average Bonchev–Trinajstić information content (AvgIpc) is 1.27. The van der Waals surface area contributed by atoms with Crippen LogP contribution in [0.5, 0.6) is 0 Å². The van der Waals surface area contributed by atoms with E-state index in [9.17, 15) is 57.5 Å². The van der Waals surface area contributed by atoms with Crippen LogP contribution in [0.15, 0.2) is 0 Å². The molecule has 3 aliphatic rings. The number of carbonyl (C=O) groups excluding carboxylic acids is 12. The van der Waals surface area contributed by atoms with Crippen molar-refractivity contribution >= 4 is 71.4 Å². The van der Waals surface area contributed by atoms with Gasteiger partial charge in [-0.2, -0.15) is 0 Å². The summed E-state index contributed by atoms with van der Waals surface area (Å²) in [5.74, 6) is -6.11. The van der Waals surface area contributed by atoms with Gasteiger partial charge in [0, 0.05) is 146 Å². The van der Waals surface area contributed by atoms with Gasteiger partial charge in [-0.15, -0.1) is 0 Å². The van der Waals surface area contributed by atoms with E-state index in [2.05, 4.69) is 21.3 Å². The normalized spacial score (nSPS) is 24.1. The molecule has 0 spiro atoms. The van der Waals surface area contributed by atoms with Crippen LogP contribution < -0.4 is 21.3 Å². The Morgan fingerprint density at radius 1 is 0.356 bits per heavy atom. The van der Waals surface area contributed by atoms with E-state index in [4.69, 9.17) is 71.1 Å². The van der Waals surface area contributed by atoms with E-state index in [0.29, 0.717) is 84.0 Å². The molecule has 512 valence electrons. The zero-order valence-corrected chi connectivity index (χ0v) is 53.2. The lowest BCUT2D eigenvalue weighted by atomic mass is 10.0. The minimum Gasteiger partial charge on any atom is -0.463 e. The lowest BCUT2D eigenvalue weighted by Crippen LogP contribution is -2.54. The molecule has 12 atom stereocenters. The van der Waals surface area contributed by atoms with Crippen molar-refractivity contribution in [3.8, 4) is 0 Å². The van der Waals surface area contributed by atoms with Gasteiger partial charge in [0.05, 0.1) is 0 Å². The summed E-state index contributed by atoms with van der Waals surface area (Å²) < 4.78 is 83.1. The average molecular weight is 1290 g/mol. The van der Waals surface area contributed by atoms with Crippen molar-refractivity contribution < 1.29 is 129 Å². The molecule has 0 saturated carbocycles. The maximum atomic E-state index is 13.0. The highest BCUT2D eigenvalue weighted by molar-refractivity contribution is 5.76. The molecule has 0 aliphatic carbocycles. The number of rotatable bonds is 41. The Morgan fingerprint density at radius 3 is 0.922 bits per heavy atom. The third-order valence-electron chi connectivity index (χ3n) is 13.7. The molecule has 3 fully saturated rings. The molecule has 3 aliphatic heterocycles. The van der Waals surface area contributed by atoms with Gasteiger partial charge in [0.15, 0.2) is 37.2 Å². The van der Waals surface area contributed by atoms with E-state index >= 15 is 0 Å². The molecule has 0 bridgehead atoms. The highest BCUT2D eigenvalue weighted by Gasteiger charge is 2.47. The van der Waals surface area contributed by atoms with Crippen LogP contribution in [0.25, 0.3) is 0 Å². The Labute approximate surface area is 524 Å². The Balaban J connectivity index is 1.48. The first-order valence-corrected chi connectivity index (χ1v) is 30.6. The SMILES string of the molecule is CC(=O)OCC1OC(OCCCCC(=O)NCCCNC(CCNC(=O)CCCCOC2CC(OC(C)=O)C(OC(C)=O)C(COC(C)=O)O2)CCNC(=O)CCCCOC2CC(OC(C)=O)C(OC(C)=O)C(COC(C)=O)O2)CC(OC(C)=O)C1OC(C)=O. The van der Waals surface area contributed by atoms with Gasteiger partial charge in [-0.3, -0.25) is 57.5 Å². The van der Waals surface area contributed by atoms with E-state index < -0.39 is 128 Å². The number of hydrogen-bond acceptors (Lipinski definition) is 28. The van der Waals surface area contributed by atoms with Crippen LogP contribution in [0.1, 0.15) is 159 Å². The smallest absolute Gasteiger partial charge is 0.303 e. The van der Waals surface area contributed by atoms with Crippen molar-refractivity contribution in [1.82, 2.24) is 21.3 Å². The molecule has 90 heavy (non-hydrogen) atoms. The second kappa shape index (κ2) is 43.2. The molecule has 12 unspecified atom stereocenters. The Bertz CT molecular complexity index is 2210. The highest BCUT2D eigenvalue weighted by atomic mass is 16.7. The molecule has 0 aromatic rings. The third kappa shape index (κ3) is 34.0. The van der Waals surface area contributed by atoms with Crippen molar-refractivity contribution in [2.24, 2.45) is 0 Å². The molecule has 31 heteroatoms. The van der Waals surface area contributed by atoms with E-state index in [1.807, 2.05) is 0 Å². The fraction of sp³-hybridized carbons (Fsp3) is 0.797. The quantitative estimate of drug-likeness (QED) is 0.0384. The molecule has 3 heterocycles. The summed E-state index contributed by atoms with van der Waals surface area (Å²) in [5, 5.41) is 12.3. The minimum atomic E-state index is -1.04. The zero-order valence-electron chi connectivity index (χ0n) is 53.2. The van der Waals surface area contributed by atoms with Crippen LogP contribution in [-0.2, 0) is 129 Å². The van der Waals surface area contributed by atoms with Crippen LogP contribution in [0.2, 0.25) is 0 Å². The predicted octanol–water partition coefficient (Wildman–Crippen LogP) is 1.65. The predicted molar refractivity (Wildman–Crippen MR) is 307 cm³/mol. The minimum absolute atomic E-state index is 0.0378. The van der Waals surface area contributed by atoms with Crippen molar-refractivity contribution in [3.05, 3.63) is 0 Å². The molecule has 3 amide bonds. The fourth-order valence-corrected chi connectivity index (χ4v) is 9.83. The van der Waals surface area contributed by atoms with Crippen molar-refractivity contribution in [2.45, 2.75) is 238 Å². The first-order valence-electron chi connectivity index (χ1n) is 30.6. The van der Waals surface area contributed by atoms with E-state index in [0.717, 1.165) is 0 Å². The number of amides is 3. The van der Waals surface area contributed by atoms with Crippen LogP contribution in [0, 0.1) is 0 Å². The van der Waals surface area contributed by atoms with Crippen LogP contribution in [-0.4, -0.2) is 217 Å². The number of esters is 9. The lowest BCUT2D eigenvalue weighted by Gasteiger charge is -2.39. The molecular formula is C59H94N4O27. The Kier molecular flexibility index (Phi) is 37.2. The number of unbranched alkanes of at least 4 members (excludes halogenated alkanes) is 3. The standard InChI is InChI=1S/C59H94N4O27/c1-35(64)79-32-48-57(85-41(7)70)45(82-38(4)67)29-54(88-48)76-26-13-10-17-51(73)61-23-16-22-60-44(20-24-62-52(74)18-11-14-27-77-55-30-46(83-39(5)68)58(86-42(8)71)49(89-55)33-80-36(2)65)21-25-63-53(75)19-12-15-28-78-56-31-47(84-40(6)69)59(87-43(9)72)50(90-56)34-81-37(3)66/h44-50,54-60H,10-34H2,1-9H3,(H,61,73)(H,62,74)(H,63,75). The van der Waals surface area contributed by atoms with E-state index in [-0.39, 0.29) is 102 Å². The molecule has 31 nitrogen and oxygen atoms in total. The lowest BCUT2D eigenvalue weighted by molar-refractivity contribution is -0.266. The number of carbonyl (C=O) groups is 12. The second-order valence-electron chi connectivity index (χ2n) is 21.7. The summed E-state index contributed by atoms with van der Waals surface area (Å²) in [6, 6.07) is -0.155. The molecular weight excluding hydrogens is 1200 g/mol. The van der Waals surface area contributed by atoms with Gasteiger partial charge in [0.2, 0.25) is 17.7 Å². The first-order chi connectivity index (χ1) is 42.8. The molecule has 3 saturated heterocycles. The summed E-state index contributed by atoms with van der Waals surface area (Å²) in [6.07, 6.45) is -6.45. The van der Waals surface area contributed by atoms with E-state index in [1.165, 1.54) is 62.3 Å². The second-order valence-corrected chi connectivity index (χ2v) is 21.7. The van der Waals surface area contributed by atoms with Crippen molar-refractivity contribution in [2.75, 3.05) is 65.8 Å². The maximum Gasteiger partial charge on any atom is 0.303 e. The fourth-order valence-electron chi connectivity index (χ4n) is 9.83. The topological polar surface area (TPSA) is 391 Å². The summed E-state index contributed by atoms with van der Waals surface area (Å²) in [7, 11) is 0. The molecule has 0 aromatic carbocycles. The first kappa shape index (κ1) is 77.6. The van der Waals surface area contributed by atoms with Gasteiger partial charge in [0.1, 0.15) is 56.4 Å². The van der Waals surface area contributed by atoms with Gasteiger partial charge in [-0.25, -0.2) is 0 Å². The van der Waals surface area contributed by atoms with Crippen LogP contribution >= 0.6 is 0 Å². The molecule has 0 radical (unpaired) electrons. The molecule has 3 rings (SSSR count). The third-order valence-corrected chi connectivity index (χ3v) is 13.7. The largest absolute Gasteiger partial charge is 0.463 e. The van der Waals surface area contributed by atoms with Gasteiger partial charge in [-0.1, -0.05) is 0 Å². The summed E-state index contributed by atoms with van der Waals surface area (Å²) >= 11 is 0. The number of ether oxygens (including phenoxy) is 15. The highest BCUT2D eigenvalue weighted by Crippen LogP contribution is 2.30. The van der Waals surface area contributed by atoms with Crippen LogP contribution in [0.4, 0.5) is 0 Å². The van der Waals surface area contributed by atoms with Gasteiger partial charge >= 0.3 is 53.7 Å². The van der Waals surface area contributed by atoms with Crippen molar-refractivity contribution in [1.29, 1.82) is 0 Å². The number of hydrogen-bond donors (Lipinski definition) is 4. The molecule has 0 aromatic heterocycles.